The maximum absolute atomic E-state index is 5.95. The zero-order valence-corrected chi connectivity index (χ0v) is 10.1. The van der Waals surface area contributed by atoms with Crippen LogP contribution in [0.1, 0.15) is 31.2 Å². The first-order valence-electron chi connectivity index (χ1n) is 5.28. The standard InChI is InChI=1S/C11H13N3OS/c1-6-5-16-8(7(6)12)9-13-10(14-15-9)11(2)3-4-11/h5H,3-4,12H2,1-2H3. The highest BCUT2D eigenvalue weighted by molar-refractivity contribution is 7.14. The van der Waals surface area contributed by atoms with Crippen LogP contribution in [0.4, 0.5) is 5.69 Å². The van der Waals surface area contributed by atoms with Crippen molar-refractivity contribution in [2.24, 2.45) is 0 Å². The van der Waals surface area contributed by atoms with E-state index >= 15 is 0 Å². The van der Waals surface area contributed by atoms with Crippen LogP contribution in [0.25, 0.3) is 10.8 Å². The fourth-order valence-electron chi connectivity index (χ4n) is 1.59. The molecule has 1 aliphatic carbocycles. The molecule has 1 aliphatic rings. The lowest BCUT2D eigenvalue weighted by molar-refractivity contribution is 0.416. The van der Waals surface area contributed by atoms with E-state index in [2.05, 4.69) is 17.1 Å². The van der Waals surface area contributed by atoms with Gasteiger partial charge < -0.3 is 10.3 Å². The average molecular weight is 235 g/mol. The molecule has 2 heterocycles. The Hall–Kier alpha value is -1.36. The van der Waals surface area contributed by atoms with E-state index in [0.717, 1.165) is 34.8 Å². The quantitative estimate of drug-likeness (QED) is 0.869. The molecule has 84 valence electrons. The summed E-state index contributed by atoms with van der Waals surface area (Å²) in [6.07, 6.45) is 2.29. The lowest BCUT2D eigenvalue weighted by Gasteiger charge is -1.97. The van der Waals surface area contributed by atoms with Gasteiger partial charge in [0.15, 0.2) is 5.82 Å². The molecule has 2 aromatic rings. The number of rotatable bonds is 2. The van der Waals surface area contributed by atoms with Crippen molar-refractivity contribution in [3.05, 3.63) is 16.8 Å². The molecule has 2 aromatic heterocycles. The van der Waals surface area contributed by atoms with Gasteiger partial charge in [0.2, 0.25) is 0 Å². The third-order valence-corrected chi connectivity index (χ3v) is 4.28. The number of hydrogen-bond acceptors (Lipinski definition) is 5. The summed E-state index contributed by atoms with van der Waals surface area (Å²) in [5.74, 6) is 1.37. The molecule has 2 N–H and O–H groups in total. The summed E-state index contributed by atoms with van der Waals surface area (Å²) in [6.45, 7) is 4.14. The molecule has 0 spiro atoms. The Morgan fingerprint density at radius 3 is 2.81 bits per heavy atom. The summed E-state index contributed by atoms with van der Waals surface area (Å²) in [6, 6.07) is 0. The van der Waals surface area contributed by atoms with E-state index < -0.39 is 0 Å². The lowest BCUT2D eigenvalue weighted by Crippen LogP contribution is -2.01. The van der Waals surface area contributed by atoms with Gasteiger partial charge in [0.25, 0.3) is 5.89 Å². The van der Waals surface area contributed by atoms with Gasteiger partial charge in [-0.15, -0.1) is 11.3 Å². The van der Waals surface area contributed by atoms with Crippen molar-refractivity contribution in [2.45, 2.75) is 32.1 Å². The molecule has 16 heavy (non-hydrogen) atoms. The molecule has 0 radical (unpaired) electrons. The summed E-state index contributed by atoms with van der Waals surface area (Å²) >= 11 is 1.55. The molecule has 0 bridgehead atoms. The topological polar surface area (TPSA) is 64.9 Å². The maximum Gasteiger partial charge on any atom is 0.270 e. The number of thiophene rings is 1. The molecule has 3 rings (SSSR count). The summed E-state index contributed by atoms with van der Waals surface area (Å²) in [5, 5.41) is 6.05. The Balaban J connectivity index is 2.01. The largest absolute Gasteiger partial charge is 0.397 e. The van der Waals surface area contributed by atoms with Gasteiger partial charge in [-0.3, -0.25) is 0 Å². The Kier molecular flexibility index (Phi) is 1.89. The first kappa shape index (κ1) is 9.84. The SMILES string of the molecule is Cc1csc(-c2nc(C3(C)CC3)no2)c1N. The molecule has 0 aromatic carbocycles. The van der Waals surface area contributed by atoms with Crippen molar-refractivity contribution >= 4 is 17.0 Å². The monoisotopic (exact) mass is 235 g/mol. The van der Waals surface area contributed by atoms with Gasteiger partial charge >= 0.3 is 0 Å². The highest BCUT2D eigenvalue weighted by atomic mass is 32.1. The fraction of sp³-hybridized carbons (Fsp3) is 0.455. The number of aromatic nitrogens is 2. The smallest absolute Gasteiger partial charge is 0.270 e. The van der Waals surface area contributed by atoms with E-state index in [1.54, 1.807) is 11.3 Å². The molecule has 4 nitrogen and oxygen atoms in total. The van der Waals surface area contributed by atoms with Gasteiger partial charge in [-0.05, 0) is 30.7 Å². The number of hydrogen-bond donors (Lipinski definition) is 1. The van der Waals surface area contributed by atoms with Crippen LogP contribution in [0, 0.1) is 6.92 Å². The van der Waals surface area contributed by atoms with E-state index in [-0.39, 0.29) is 5.41 Å². The molecule has 5 heteroatoms. The van der Waals surface area contributed by atoms with E-state index in [0.29, 0.717) is 5.89 Å². The van der Waals surface area contributed by atoms with Crippen molar-refractivity contribution < 1.29 is 4.52 Å². The van der Waals surface area contributed by atoms with Crippen molar-refractivity contribution in [1.29, 1.82) is 0 Å². The zero-order valence-electron chi connectivity index (χ0n) is 9.28. The molecular formula is C11H13N3OS. The van der Waals surface area contributed by atoms with Gasteiger partial charge in [0.1, 0.15) is 4.88 Å². The van der Waals surface area contributed by atoms with E-state index in [9.17, 15) is 0 Å². The Morgan fingerprint density at radius 2 is 2.25 bits per heavy atom. The highest BCUT2D eigenvalue weighted by Gasteiger charge is 2.43. The van der Waals surface area contributed by atoms with Gasteiger partial charge in [-0.2, -0.15) is 4.98 Å². The summed E-state index contributed by atoms with van der Waals surface area (Å²) in [4.78, 5) is 5.33. The summed E-state index contributed by atoms with van der Waals surface area (Å²) < 4.78 is 5.28. The van der Waals surface area contributed by atoms with Gasteiger partial charge in [-0.25, -0.2) is 0 Å². The second-order valence-electron chi connectivity index (χ2n) is 4.65. The molecule has 0 atom stereocenters. The third-order valence-electron chi connectivity index (χ3n) is 3.18. The lowest BCUT2D eigenvalue weighted by atomic mass is 10.1. The van der Waals surface area contributed by atoms with Crippen LogP contribution < -0.4 is 5.73 Å². The van der Waals surface area contributed by atoms with E-state index in [1.807, 2.05) is 12.3 Å². The Labute approximate surface area is 97.5 Å². The van der Waals surface area contributed by atoms with Crippen molar-refractivity contribution in [2.75, 3.05) is 5.73 Å². The second kappa shape index (κ2) is 3.07. The van der Waals surface area contributed by atoms with Crippen LogP contribution >= 0.6 is 11.3 Å². The van der Waals surface area contributed by atoms with Gasteiger partial charge in [0.05, 0.1) is 5.69 Å². The van der Waals surface area contributed by atoms with Crippen molar-refractivity contribution in [3.63, 3.8) is 0 Å². The molecule has 0 saturated heterocycles. The fourth-order valence-corrected chi connectivity index (χ4v) is 2.48. The average Bonchev–Trinajstić information content (AvgIpc) is 2.72. The van der Waals surface area contributed by atoms with Crippen LogP contribution in [0.15, 0.2) is 9.90 Å². The van der Waals surface area contributed by atoms with Crippen molar-refractivity contribution in [3.8, 4) is 10.8 Å². The van der Waals surface area contributed by atoms with Crippen LogP contribution in [-0.4, -0.2) is 10.1 Å². The molecule has 0 aliphatic heterocycles. The number of nitrogens with two attached hydrogens (primary N) is 1. The minimum absolute atomic E-state index is 0.142. The molecule has 1 fully saturated rings. The highest BCUT2D eigenvalue weighted by Crippen LogP contribution is 2.46. The van der Waals surface area contributed by atoms with Crippen LogP contribution in [0.5, 0.6) is 0 Å². The molecule has 1 saturated carbocycles. The van der Waals surface area contributed by atoms with Crippen LogP contribution in [-0.2, 0) is 5.41 Å². The minimum Gasteiger partial charge on any atom is -0.397 e. The molecule has 0 unspecified atom stereocenters. The maximum atomic E-state index is 5.95. The number of nitrogen functional groups attached to an aromatic ring is 1. The van der Waals surface area contributed by atoms with Crippen molar-refractivity contribution in [1.82, 2.24) is 10.1 Å². The molecule has 0 amide bonds. The third kappa shape index (κ3) is 1.35. The van der Waals surface area contributed by atoms with Crippen LogP contribution in [0.3, 0.4) is 0 Å². The van der Waals surface area contributed by atoms with E-state index in [1.165, 1.54) is 0 Å². The first-order valence-corrected chi connectivity index (χ1v) is 6.16. The normalized spacial score (nSPS) is 17.6. The minimum atomic E-state index is 0.142. The summed E-state index contributed by atoms with van der Waals surface area (Å²) in [7, 11) is 0. The van der Waals surface area contributed by atoms with Crippen LogP contribution in [0.2, 0.25) is 0 Å². The number of nitrogens with zero attached hydrogens (tertiary/aromatic N) is 2. The number of anilines is 1. The molecular weight excluding hydrogens is 222 g/mol. The Bertz CT molecular complexity index is 539. The van der Waals surface area contributed by atoms with Gasteiger partial charge in [0, 0.05) is 5.41 Å². The predicted octanol–water partition coefficient (Wildman–Crippen LogP) is 2.74. The number of aryl methyl sites for hydroxylation is 1. The zero-order chi connectivity index (χ0) is 11.3. The van der Waals surface area contributed by atoms with E-state index in [4.69, 9.17) is 10.3 Å². The van der Waals surface area contributed by atoms with Gasteiger partial charge in [-0.1, -0.05) is 12.1 Å². The predicted molar refractivity (Wildman–Crippen MR) is 63.3 cm³/mol. The Morgan fingerprint density at radius 1 is 1.50 bits per heavy atom. The second-order valence-corrected chi connectivity index (χ2v) is 5.52. The first-order chi connectivity index (χ1) is 7.60. The summed E-state index contributed by atoms with van der Waals surface area (Å²) in [5.41, 5.74) is 7.91.